The number of esters is 1. The van der Waals surface area contributed by atoms with Gasteiger partial charge in [-0.15, -0.1) is 11.3 Å². The quantitative estimate of drug-likeness (QED) is 0.662. The highest BCUT2D eigenvalue weighted by Gasteiger charge is 2.29. The van der Waals surface area contributed by atoms with Crippen LogP contribution < -0.4 is 5.43 Å². The molecule has 1 N–H and O–H groups in total. The SMILES string of the molecule is COC(=O)c1cn(C2CC2)c2nc(-c3cc4c(s3)CCCC4O)c(C)cc2c1=O. The predicted octanol–water partition coefficient (Wildman–Crippen LogP) is 3.92. The van der Waals surface area contributed by atoms with E-state index in [-0.39, 0.29) is 17.0 Å². The number of aryl methyl sites for hydroxylation is 2. The summed E-state index contributed by atoms with van der Waals surface area (Å²) in [7, 11) is 1.28. The molecule has 0 bridgehead atoms. The second-order valence-electron chi connectivity index (χ2n) is 7.92. The van der Waals surface area contributed by atoms with Gasteiger partial charge >= 0.3 is 5.97 Å². The first-order chi connectivity index (χ1) is 14.0. The van der Waals surface area contributed by atoms with Crippen molar-refractivity contribution in [2.45, 2.75) is 51.2 Å². The molecule has 0 aliphatic heterocycles. The summed E-state index contributed by atoms with van der Waals surface area (Å²) in [5.74, 6) is -0.618. The summed E-state index contributed by atoms with van der Waals surface area (Å²) in [6.45, 7) is 1.93. The molecule has 1 saturated carbocycles. The third-order valence-corrected chi connectivity index (χ3v) is 7.07. The first-order valence-electron chi connectivity index (χ1n) is 9.93. The molecule has 0 spiro atoms. The van der Waals surface area contributed by atoms with Crippen LogP contribution >= 0.6 is 11.3 Å². The third kappa shape index (κ3) is 3.00. The predicted molar refractivity (Wildman–Crippen MR) is 112 cm³/mol. The first kappa shape index (κ1) is 18.5. The number of hydrogen-bond acceptors (Lipinski definition) is 6. The second-order valence-corrected chi connectivity index (χ2v) is 9.06. The molecule has 3 aromatic heterocycles. The number of pyridine rings is 2. The minimum Gasteiger partial charge on any atom is -0.465 e. The van der Waals surface area contributed by atoms with E-state index in [9.17, 15) is 14.7 Å². The number of carbonyl (C=O) groups is 1. The van der Waals surface area contributed by atoms with Gasteiger partial charge in [0.25, 0.3) is 0 Å². The normalized spacial score (nSPS) is 18.7. The smallest absolute Gasteiger partial charge is 0.343 e. The number of carbonyl (C=O) groups excluding carboxylic acids is 1. The minimum absolute atomic E-state index is 0.0514. The van der Waals surface area contributed by atoms with Crippen LogP contribution in [0, 0.1) is 6.92 Å². The molecule has 2 aliphatic rings. The Morgan fingerprint density at radius 3 is 2.79 bits per heavy atom. The zero-order valence-electron chi connectivity index (χ0n) is 16.4. The Balaban J connectivity index is 1.73. The van der Waals surface area contributed by atoms with Crippen LogP contribution in [0.25, 0.3) is 21.6 Å². The average Bonchev–Trinajstić information content (AvgIpc) is 3.46. The van der Waals surface area contributed by atoms with Crippen molar-refractivity contribution in [3.05, 3.63) is 50.1 Å². The lowest BCUT2D eigenvalue weighted by atomic mass is 9.96. The van der Waals surface area contributed by atoms with Crippen molar-refractivity contribution in [2.24, 2.45) is 0 Å². The molecule has 3 heterocycles. The van der Waals surface area contributed by atoms with Gasteiger partial charge in [-0.05, 0) is 62.3 Å². The lowest BCUT2D eigenvalue weighted by molar-refractivity contribution is 0.0598. The lowest BCUT2D eigenvalue weighted by Gasteiger charge is -2.16. The van der Waals surface area contributed by atoms with Gasteiger partial charge < -0.3 is 14.4 Å². The van der Waals surface area contributed by atoms with E-state index >= 15 is 0 Å². The van der Waals surface area contributed by atoms with Gasteiger partial charge in [0.15, 0.2) is 0 Å². The Bertz CT molecular complexity index is 1210. The van der Waals surface area contributed by atoms with Crippen molar-refractivity contribution >= 4 is 28.3 Å². The number of ether oxygens (including phenoxy) is 1. The fourth-order valence-electron chi connectivity index (χ4n) is 4.16. The van der Waals surface area contributed by atoms with E-state index in [1.807, 2.05) is 23.6 Å². The maximum absolute atomic E-state index is 12.9. The van der Waals surface area contributed by atoms with Crippen LogP contribution in [-0.2, 0) is 11.2 Å². The molecule has 0 amide bonds. The number of hydrogen-bond donors (Lipinski definition) is 1. The van der Waals surface area contributed by atoms with Crippen molar-refractivity contribution in [1.29, 1.82) is 0 Å². The molecule has 7 heteroatoms. The molecule has 5 rings (SSSR count). The zero-order valence-corrected chi connectivity index (χ0v) is 17.2. The van der Waals surface area contributed by atoms with E-state index in [0.29, 0.717) is 11.0 Å². The molecule has 0 radical (unpaired) electrons. The van der Waals surface area contributed by atoms with E-state index in [4.69, 9.17) is 9.72 Å². The topological polar surface area (TPSA) is 81.4 Å². The van der Waals surface area contributed by atoms with Gasteiger partial charge in [0.2, 0.25) is 5.43 Å². The van der Waals surface area contributed by atoms with Gasteiger partial charge in [-0.3, -0.25) is 4.79 Å². The number of thiophene rings is 1. The molecule has 0 aromatic carbocycles. The number of aliphatic hydroxyl groups is 1. The molecule has 3 aromatic rings. The fraction of sp³-hybridized carbons (Fsp3) is 0.409. The van der Waals surface area contributed by atoms with Gasteiger partial charge in [0.1, 0.15) is 11.2 Å². The van der Waals surface area contributed by atoms with Crippen LogP contribution in [0.4, 0.5) is 0 Å². The zero-order chi connectivity index (χ0) is 20.3. The maximum Gasteiger partial charge on any atom is 0.343 e. The van der Waals surface area contributed by atoms with Crippen molar-refractivity contribution in [2.75, 3.05) is 7.11 Å². The molecule has 6 nitrogen and oxygen atoms in total. The lowest BCUT2D eigenvalue weighted by Crippen LogP contribution is -2.20. The monoisotopic (exact) mass is 410 g/mol. The summed E-state index contributed by atoms with van der Waals surface area (Å²) in [4.78, 5) is 32.2. The average molecular weight is 410 g/mol. The summed E-state index contributed by atoms with van der Waals surface area (Å²) in [6, 6.07) is 4.14. The molecular formula is C22H22N2O4S. The van der Waals surface area contributed by atoms with Crippen LogP contribution in [-0.4, -0.2) is 27.7 Å². The highest BCUT2D eigenvalue weighted by Crippen LogP contribution is 2.41. The van der Waals surface area contributed by atoms with Crippen molar-refractivity contribution in [1.82, 2.24) is 9.55 Å². The molecule has 1 fully saturated rings. The van der Waals surface area contributed by atoms with E-state index < -0.39 is 12.1 Å². The van der Waals surface area contributed by atoms with Gasteiger partial charge in [0.05, 0.1) is 29.2 Å². The summed E-state index contributed by atoms with van der Waals surface area (Å²) < 4.78 is 6.76. The fourth-order valence-corrected chi connectivity index (χ4v) is 5.47. The van der Waals surface area contributed by atoms with E-state index in [0.717, 1.165) is 53.8 Å². The Morgan fingerprint density at radius 1 is 1.31 bits per heavy atom. The Morgan fingerprint density at radius 2 is 2.10 bits per heavy atom. The van der Waals surface area contributed by atoms with Gasteiger partial charge in [0, 0.05) is 17.1 Å². The van der Waals surface area contributed by atoms with E-state index in [1.165, 1.54) is 12.0 Å². The number of aliphatic hydroxyl groups excluding tert-OH is 1. The standard InChI is InChI=1S/C22H22N2O4S/c1-11-8-14-20(26)15(22(27)28-2)10-24(12-6-7-12)21(14)23-19(11)18-9-13-16(25)4-3-5-17(13)29-18/h8-10,12,16,25H,3-7H2,1-2H3. The van der Waals surface area contributed by atoms with E-state index in [1.54, 1.807) is 17.5 Å². The molecular weight excluding hydrogens is 388 g/mol. The molecule has 1 atom stereocenters. The number of rotatable bonds is 3. The number of methoxy groups -OCH3 is 1. The Kier molecular flexibility index (Phi) is 4.33. The van der Waals surface area contributed by atoms with Crippen molar-refractivity contribution in [3.63, 3.8) is 0 Å². The van der Waals surface area contributed by atoms with Gasteiger partial charge in [-0.2, -0.15) is 0 Å². The first-order valence-corrected chi connectivity index (χ1v) is 10.8. The van der Waals surface area contributed by atoms with Crippen LogP contribution in [0.3, 0.4) is 0 Å². The summed E-state index contributed by atoms with van der Waals surface area (Å²) in [5.41, 5.74) is 3.05. The highest BCUT2D eigenvalue weighted by atomic mass is 32.1. The second kappa shape index (κ2) is 6.78. The largest absolute Gasteiger partial charge is 0.465 e. The summed E-state index contributed by atoms with van der Waals surface area (Å²) in [6.07, 6.45) is 5.98. The molecule has 2 aliphatic carbocycles. The molecule has 1 unspecified atom stereocenters. The number of fused-ring (bicyclic) bond motifs is 2. The summed E-state index contributed by atoms with van der Waals surface area (Å²) in [5, 5.41) is 10.8. The number of nitrogens with zero attached hydrogens (tertiary/aromatic N) is 2. The van der Waals surface area contributed by atoms with Crippen LogP contribution in [0.2, 0.25) is 0 Å². The van der Waals surface area contributed by atoms with Crippen LogP contribution in [0.5, 0.6) is 0 Å². The Labute approximate surface area is 171 Å². The van der Waals surface area contributed by atoms with Crippen LogP contribution in [0.15, 0.2) is 23.1 Å². The third-order valence-electron chi connectivity index (χ3n) is 5.86. The van der Waals surface area contributed by atoms with Crippen LogP contribution in [0.1, 0.15) is 64.2 Å². The highest BCUT2D eigenvalue weighted by molar-refractivity contribution is 7.15. The Hall–Kier alpha value is -2.51. The van der Waals surface area contributed by atoms with E-state index in [2.05, 4.69) is 0 Å². The maximum atomic E-state index is 12.9. The van der Waals surface area contributed by atoms with Crippen molar-refractivity contribution in [3.8, 4) is 10.6 Å². The molecule has 150 valence electrons. The molecule has 29 heavy (non-hydrogen) atoms. The minimum atomic E-state index is -0.618. The van der Waals surface area contributed by atoms with Crippen molar-refractivity contribution < 1.29 is 14.6 Å². The summed E-state index contributed by atoms with van der Waals surface area (Å²) >= 11 is 1.68. The van der Waals surface area contributed by atoms with Gasteiger partial charge in [-0.25, -0.2) is 9.78 Å². The number of aromatic nitrogens is 2. The van der Waals surface area contributed by atoms with Gasteiger partial charge in [-0.1, -0.05) is 0 Å². The molecule has 0 saturated heterocycles.